The average molecular weight is 560 g/mol. The Labute approximate surface area is 238 Å². The van der Waals surface area contributed by atoms with Crippen LogP contribution in [-0.4, -0.2) is 51.5 Å². The molecule has 1 heterocycles. The van der Waals surface area contributed by atoms with Crippen LogP contribution < -0.4 is 14.9 Å². The molecule has 0 atom stereocenters. The number of nitrogens with zero attached hydrogens (tertiary/aromatic N) is 4. The summed E-state index contributed by atoms with van der Waals surface area (Å²) in [5.74, 6) is 1.55. The zero-order chi connectivity index (χ0) is 28.9. The summed E-state index contributed by atoms with van der Waals surface area (Å²) in [6.45, 7) is 8.29. The van der Waals surface area contributed by atoms with Crippen LogP contribution in [0, 0.1) is 0 Å². The van der Waals surface area contributed by atoms with Crippen molar-refractivity contribution in [1.82, 2.24) is 20.2 Å². The second-order valence-electron chi connectivity index (χ2n) is 10.1. The Balaban J connectivity index is 1.55. The van der Waals surface area contributed by atoms with Gasteiger partial charge in [-0.05, 0) is 60.4 Å². The molecule has 0 aliphatic carbocycles. The summed E-state index contributed by atoms with van der Waals surface area (Å²) in [6, 6.07) is 20.8. The number of hydrazone groups is 1. The van der Waals surface area contributed by atoms with Gasteiger partial charge in [-0.25, -0.2) is 5.43 Å². The van der Waals surface area contributed by atoms with Crippen molar-refractivity contribution >= 4 is 23.4 Å². The van der Waals surface area contributed by atoms with Gasteiger partial charge < -0.3 is 14.6 Å². The minimum absolute atomic E-state index is 0.0324. The van der Waals surface area contributed by atoms with Crippen molar-refractivity contribution in [2.24, 2.45) is 5.10 Å². The van der Waals surface area contributed by atoms with Crippen LogP contribution in [0.15, 0.2) is 77.0 Å². The molecule has 4 rings (SSSR count). The molecule has 9 nitrogen and oxygen atoms in total. The van der Waals surface area contributed by atoms with Crippen LogP contribution >= 0.6 is 11.8 Å². The Morgan fingerprint density at radius 1 is 1.00 bits per heavy atom. The van der Waals surface area contributed by atoms with E-state index in [9.17, 15) is 9.90 Å². The van der Waals surface area contributed by atoms with E-state index in [4.69, 9.17) is 9.47 Å². The van der Waals surface area contributed by atoms with Crippen molar-refractivity contribution in [2.45, 2.75) is 38.3 Å². The van der Waals surface area contributed by atoms with Gasteiger partial charge in [-0.1, -0.05) is 56.8 Å². The summed E-state index contributed by atoms with van der Waals surface area (Å²) in [4.78, 5) is 12.7. The maximum absolute atomic E-state index is 12.7. The molecule has 2 N–H and O–H groups in total. The molecule has 0 bridgehead atoms. The molecule has 0 fully saturated rings. The van der Waals surface area contributed by atoms with Gasteiger partial charge in [-0.15, -0.1) is 10.2 Å². The highest BCUT2D eigenvalue weighted by molar-refractivity contribution is 7.99. The third-order valence-corrected chi connectivity index (χ3v) is 7.18. The number of aromatic nitrogens is 3. The molecular formula is C30H33N5O4S. The van der Waals surface area contributed by atoms with Gasteiger partial charge in [0.15, 0.2) is 22.5 Å². The van der Waals surface area contributed by atoms with Gasteiger partial charge >= 0.3 is 0 Å². The van der Waals surface area contributed by atoms with Crippen LogP contribution in [0.25, 0.3) is 17.1 Å². The van der Waals surface area contributed by atoms with E-state index in [1.54, 1.807) is 26.2 Å². The first-order valence-electron chi connectivity index (χ1n) is 12.6. The van der Waals surface area contributed by atoms with E-state index in [1.165, 1.54) is 30.5 Å². The first kappa shape index (κ1) is 28.7. The quantitative estimate of drug-likeness (QED) is 0.156. The Morgan fingerprint density at radius 3 is 2.33 bits per heavy atom. The summed E-state index contributed by atoms with van der Waals surface area (Å²) in [6.07, 6.45) is 0. The number of rotatable bonds is 9. The number of hydrogen-bond acceptors (Lipinski definition) is 8. The normalized spacial score (nSPS) is 11.8. The lowest BCUT2D eigenvalue weighted by Crippen LogP contribution is -2.21. The number of aromatic hydroxyl groups is 1. The fraction of sp³-hybridized carbons (Fsp3) is 0.267. The molecule has 1 amide bonds. The SMILES string of the molecule is COc1ccc(-n2c(SCC(=O)NN=C(C)c3ccc(O)c(OC)c3)nnc2-c2ccc(C(C)(C)C)cc2)cc1. The van der Waals surface area contributed by atoms with Crippen LogP contribution in [-0.2, 0) is 10.2 Å². The standard InChI is InChI=1S/C30H33N5O4S/c1-19(21-9-16-25(36)26(17-21)39-6)31-32-27(37)18-40-29-34-33-28(20-7-10-22(11-8-20)30(2,3)4)35(29)23-12-14-24(38-5)15-13-23/h7-17,36H,18H2,1-6H3,(H,32,37). The van der Waals surface area contributed by atoms with Crippen molar-refractivity contribution in [3.05, 3.63) is 77.9 Å². The number of phenols is 1. The third kappa shape index (κ3) is 6.63. The maximum Gasteiger partial charge on any atom is 0.250 e. The zero-order valence-corrected chi connectivity index (χ0v) is 24.2. The van der Waals surface area contributed by atoms with Crippen LogP contribution in [0.4, 0.5) is 0 Å². The topological polar surface area (TPSA) is 111 Å². The summed E-state index contributed by atoms with van der Waals surface area (Å²) in [5, 5.41) is 23.5. The lowest BCUT2D eigenvalue weighted by atomic mass is 9.87. The molecule has 1 aromatic heterocycles. The zero-order valence-electron chi connectivity index (χ0n) is 23.4. The first-order chi connectivity index (χ1) is 19.1. The van der Waals surface area contributed by atoms with E-state index >= 15 is 0 Å². The smallest absolute Gasteiger partial charge is 0.250 e. The number of hydrogen-bond donors (Lipinski definition) is 2. The molecule has 0 unspecified atom stereocenters. The fourth-order valence-corrected chi connectivity index (χ4v) is 4.65. The monoisotopic (exact) mass is 559 g/mol. The molecule has 3 aromatic carbocycles. The molecule has 208 valence electrons. The minimum atomic E-state index is -0.296. The van der Waals surface area contributed by atoms with Crippen molar-refractivity contribution < 1.29 is 19.4 Å². The Bertz CT molecular complexity index is 1510. The van der Waals surface area contributed by atoms with Crippen LogP contribution in [0.5, 0.6) is 17.2 Å². The summed E-state index contributed by atoms with van der Waals surface area (Å²) >= 11 is 1.26. The number of methoxy groups -OCH3 is 2. The van der Waals surface area contributed by atoms with Crippen LogP contribution in [0.3, 0.4) is 0 Å². The van der Waals surface area contributed by atoms with E-state index in [0.717, 1.165) is 17.0 Å². The maximum atomic E-state index is 12.7. The van der Waals surface area contributed by atoms with Gasteiger partial charge in [-0.2, -0.15) is 5.10 Å². The van der Waals surface area contributed by atoms with Gasteiger partial charge in [0.05, 0.1) is 25.7 Å². The number of thioether (sulfide) groups is 1. The van der Waals surface area contributed by atoms with E-state index < -0.39 is 0 Å². The lowest BCUT2D eigenvalue weighted by Gasteiger charge is -2.19. The van der Waals surface area contributed by atoms with Gasteiger partial charge in [0.25, 0.3) is 5.91 Å². The van der Waals surface area contributed by atoms with Crippen LogP contribution in [0.2, 0.25) is 0 Å². The van der Waals surface area contributed by atoms with Crippen LogP contribution in [0.1, 0.15) is 38.8 Å². The van der Waals surface area contributed by atoms with Gasteiger partial charge in [0.2, 0.25) is 0 Å². The second kappa shape index (κ2) is 12.3. The molecule has 4 aromatic rings. The molecule has 10 heteroatoms. The molecule has 0 aliphatic rings. The Hall–Kier alpha value is -4.31. The Morgan fingerprint density at radius 2 is 1.70 bits per heavy atom. The summed E-state index contributed by atoms with van der Waals surface area (Å²) in [5.41, 5.74) is 6.88. The fourth-order valence-electron chi connectivity index (χ4n) is 3.91. The molecule has 0 saturated heterocycles. The van der Waals surface area contributed by atoms with Gasteiger partial charge in [-0.3, -0.25) is 9.36 Å². The molecular weight excluding hydrogens is 526 g/mol. The predicted octanol–water partition coefficient (Wildman–Crippen LogP) is 5.59. The number of carbonyl (C=O) groups excluding carboxylic acids is 1. The molecule has 0 spiro atoms. The number of amides is 1. The number of ether oxygens (including phenoxy) is 2. The van der Waals surface area contributed by atoms with E-state index in [1.807, 2.05) is 41.0 Å². The van der Waals surface area contributed by atoms with Gasteiger partial charge in [0.1, 0.15) is 5.75 Å². The predicted molar refractivity (Wildman–Crippen MR) is 158 cm³/mol. The van der Waals surface area contributed by atoms with E-state index in [2.05, 4.69) is 53.6 Å². The highest BCUT2D eigenvalue weighted by Crippen LogP contribution is 2.31. The number of nitrogens with one attached hydrogen (secondary N) is 1. The first-order valence-corrected chi connectivity index (χ1v) is 13.6. The lowest BCUT2D eigenvalue weighted by molar-refractivity contribution is -0.118. The van der Waals surface area contributed by atoms with Crippen molar-refractivity contribution in [2.75, 3.05) is 20.0 Å². The molecule has 40 heavy (non-hydrogen) atoms. The molecule has 0 radical (unpaired) electrons. The average Bonchev–Trinajstić information content (AvgIpc) is 3.38. The van der Waals surface area contributed by atoms with Crippen molar-refractivity contribution in [1.29, 1.82) is 0 Å². The second-order valence-corrected chi connectivity index (χ2v) is 11.0. The van der Waals surface area contributed by atoms with E-state index in [0.29, 0.717) is 28.0 Å². The van der Waals surface area contributed by atoms with Crippen molar-refractivity contribution in [3.63, 3.8) is 0 Å². The highest BCUT2D eigenvalue weighted by atomic mass is 32.2. The molecule has 0 saturated carbocycles. The number of phenolic OH excluding ortho intramolecular Hbond substituents is 1. The third-order valence-electron chi connectivity index (χ3n) is 6.25. The van der Waals surface area contributed by atoms with E-state index in [-0.39, 0.29) is 22.8 Å². The van der Waals surface area contributed by atoms with Crippen molar-refractivity contribution in [3.8, 4) is 34.3 Å². The Kier molecular flexibility index (Phi) is 8.79. The number of benzene rings is 3. The largest absolute Gasteiger partial charge is 0.504 e. The molecule has 0 aliphatic heterocycles. The minimum Gasteiger partial charge on any atom is -0.504 e. The summed E-state index contributed by atoms with van der Waals surface area (Å²) < 4.78 is 12.4. The number of carbonyl (C=O) groups is 1. The summed E-state index contributed by atoms with van der Waals surface area (Å²) in [7, 11) is 3.10. The van der Waals surface area contributed by atoms with Gasteiger partial charge in [0, 0.05) is 16.8 Å². The highest BCUT2D eigenvalue weighted by Gasteiger charge is 2.19.